The van der Waals surface area contributed by atoms with Gasteiger partial charge in [-0.2, -0.15) is 0 Å². The molecule has 1 aromatic heterocycles. The largest absolute Gasteiger partial charge is 0.490 e. The van der Waals surface area contributed by atoms with Crippen LogP contribution in [-0.4, -0.2) is 42.1 Å². The number of aliphatic imine (C=N–C) groups is 1. The molecule has 0 spiro atoms. The zero-order chi connectivity index (χ0) is 15.9. The van der Waals surface area contributed by atoms with Crippen molar-refractivity contribution < 1.29 is 4.74 Å². The van der Waals surface area contributed by atoms with Gasteiger partial charge in [-0.25, -0.2) is 4.98 Å². The van der Waals surface area contributed by atoms with Crippen LogP contribution in [0.4, 0.5) is 0 Å². The highest BCUT2D eigenvalue weighted by molar-refractivity contribution is 7.09. The smallest absolute Gasteiger partial charge is 0.193 e. The van der Waals surface area contributed by atoms with E-state index in [1.54, 1.807) is 11.3 Å². The molecule has 0 amide bonds. The second-order valence-electron chi connectivity index (χ2n) is 5.44. The Labute approximate surface area is 141 Å². The van der Waals surface area contributed by atoms with E-state index in [1.807, 2.05) is 49.0 Å². The van der Waals surface area contributed by atoms with Crippen LogP contribution in [0, 0.1) is 0 Å². The summed E-state index contributed by atoms with van der Waals surface area (Å²) in [5.41, 5.74) is 0. The minimum atomic E-state index is 0.283. The minimum Gasteiger partial charge on any atom is -0.490 e. The van der Waals surface area contributed by atoms with Crippen LogP contribution in [0.15, 0.2) is 46.9 Å². The van der Waals surface area contributed by atoms with E-state index >= 15 is 0 Å². The summed E-state index contributed by atoms with van der Waals surface area (Å²) in [5, 5.41) is 6.46. The highest BCUT2D eigenvalue weighted by Crippen LogP contribution is 2.18. The van der Waals surface area contributed by atoms with E-state index in [1.165, 1.54) is 0 Å². The zero-order valence-corrected chi connectivity index (χ0v) is 14.1. The van der Waals surface area contributed by atoms with E-state index in [4.69, 9.17) is 4.74 Å². The van der Waals surface area contributed by atoms with Crippen LogP contribution in [0.2, 0.25) is 0 Å². The van der Waals surface area contributed by atoms with Gasteiger partial charge in [0.25, 0.3) is 0 Å². The Hall–Kier alpha value is -2.08. The van der Waals surface area contributed by atoms with Crippen molar-refractivity contribution in [2.75, 3.05) is 20.1 Å². The van der Waals surface area contributed by atoms with Crippen LogP contribution in [-0.2, 0) is 6.54 Å². The molecule has 0 aliphatic carbocycles. The van der Waals surface area contributed by atoms with Gasteiger partial charge in [-0.05, 0) is 12.1 Å². The number of piperidine rings is 1. The minimum absolute atomic E-state index is 0.283. The molecule has 122 valence electrons. The SMILES string of the molecule is CN=C(NCc1nccs1)N1CCC(Oc2ccccc2)CC1. The van der Waals surface area contributed by atoms with E-state index in [2.05, 4.69) is 20.2 Å². The molecule has 2 aromatic rings. The normalized spacial score (nSPS) is 16.4. The maximum atomic E-state index is 6.04. The number of benzene rings is 1. The maximum Gasteiger partial charge on any atom is 0.193 e. The Morgan fingerprint density at radius 1 is 1.35 bits per heavy atom. The first-order valence-electron chi connectivity index (χ1n) is 7.91. The topological polar surface area (TPSA) is 49.8 Å². The summed E-state index contributed by atoms with van der Waals surface area (Å²) < 4.78 is 6.04. The van der Waals surface area contributed by atoms with Crippen LogP contribution in [0.1, 0.15) is 17.8 Å². The fraction of sp³-hybridized carbons (Fsp3) is 0.412. The van der Waals surface area contributed by atoms with Gasteiger partial charge in [0.15, 0.2) is 5.96 Å². The Morgan fingerprint density at radius 2 is 2.13 bits per heavy atom. The van der Waals surface area contributed by atoms with Crippen LogP contribution in [0.25, 0.3) is 0 Å². The lowest BCUT2D eigenvalue weighted by Gasteiger charge is -2.34. The Balaban J connectivity index is 1.47. The number of aromatic nitrogens is 1. The lowest BCUT2D eigenvalue weighted by molar-refractivity contribution is 0.129. The first-order valence-corrected chi connectivity index (χ1v) is 8.79. The van der Waals surface area contributed by atoms with Crippen molar-refractivity contribution in [3.63, 3.8) is 0 Å². The first kappa shape index (κ1) is 15.8. The fourth-order valence-corrected chi connectivity index (χ4v) is 3.26. The molecule has 1 fully saturated rings. The van der Waals surface area contributed by atoms with Crippen molar-refractivity contribution in [3.05, 3.63) is 46.9 Å². The number of nitrogens with one attached hydrogen (secondary N) is 1. The van der Waals surface area contributed by atoms with E-state index in [0.29, 0.717) is 0 Å². The molecule has 23 heavy (non-hydrogen) atoms. The number of nitrogens with zero attached hydrogens (tertiary/aromatic N) is 3. The van der Waals surface area contributed by atoms with Crippen LogP contribution in [0.5, 0.6) is 5.75 Å². The van der Waals surface area contributed by atoms with Crippen molar-refractivity contribution in [1.82, 2.24) is 15.2 Å². The van der Waals surface area contributed by atoms with Crippen molar-refractivity contribution >= 4 is 17.3 Å². The molecule has 0 bridgehead atoms. The third-order valence-corrected chi connectivity index (χ3v) is 4.66. The molecule has 1 N–H and O–H groups in total. The van der Waals surface area contributed by atoms with Gasteiger partial charge in [0, 0.05) is 44.6 Å². The Kier molecular flexibility index (Phi) is 5.47. The van der Waals surface area contributed by atoms with Gasteiger partial charge >= 0.3 is 0 Å². The van der Waals surface area contributed by atoms with E-state index in [9.17, 15) is 0 Å². The molecule has 0 radical (unpaired) electrons. The third-order valence-electron chi connectivity index (χ3n) is 3.88. The second kappa shape index (κ2) is 7.97. The van der Waals surface area contributed by atoms with Gasteiger partial charge in [0.05, 0.1) is 6.54 Å². The number of rotatable bonds is 4. The number of guanidine groups is 1. The summed E-state index contributed by atoms with van der Waals surface area (Å²) in [4.78, 5) is 11.0. The zero-order valence-electron chi connectivity index (χ0n) is 13.3. The molecule has 5 nitrogen and oxygen atoms in total. The molecule has 1 saturated heterocycles. The summed E-state index contributed by atoms with van der Waals surface area (Å²) in [5.74, 6) is 1.90. The first-order chi connectivity index (χ1) is 11.3. The van der Waals surface area contributed by atoms with Crippen molar-refractivity contribution in [2.24, 2.45) is 4.99 Å². The number of hydrogen-bond donors (Lipinski definition) is 1. The standard InChI is InChI=1S/C17H22N4OS/c1-18-17(20-13-16-19-9-12-23-16)21-10-7-15(8-11-21)22-14-5-3-2-4-6-14/h2-6,9,12,15H,7-8,10-11,13H2,1H3,(H,18,20). The molecule has 0 unspecified atom stereocenters. The fourth-order valence-electron chi connectivity index (χ4n) is 2.70. The average Bonchev–Trinajstić information content (AvgIpc) is 3.11. The van der Waals surface area contributed by atoms with Gasteiger partial charge in [-0.1, -0.05) is 18.2 Å². The lowest BCUT2D eigenvalue weighted by atomic mass is 10.1. The number of hydrogen-bond acceptors (Lipinski definition) is 4. The maximum absolute atomic E-state index is 6.04. The summed E-state index contributed by atoms with van der Waals surface area (Å²) in [7, 11) is 1.83. The molecule has 1 aromatic carbocycles. The quantitative estimate of drug-likeness (QED) is 0.692. The summed E-state index contributed by atoms with van der Waals surface area (Å²) in [6.45, 7) is 2.63. The summed E-state index contributed by atoms with van der Waals surface area (Å²) >= 11 is 1.66. The molecule has 6 heteroatoms. The van der Waals surface area contributed by atoms with Gasteiger partial charge in [0.1, 0.15) is 16.9 Å². The highest BCUT2D eigenvalue weighted by Gasteiger charge is 2.22. The van der Waals surface area contributed by atoms with Crippen molar-refractivity contribution in [1.29, 1.82) is 0 Å². The molecular weight excluding hydrogens is 308 g/mol. The van der Waals surface area contributed by atoms with Crippen LogP contribution < -0.4 is 10.1 Å². The summed E-state index contributed by atoms with van der Waals surface area (Å²) in [6, 6.07) is 10.1. The van der Waals surface area contributed by atoms with E-state index in [0.717, 1.165) is 49.2 Å². The monoisotopic (exact) mass is 330 g/mol. The molecule has 1 aliphatic heterocycles. The highest BCUT2D eigenvalue weighted by atomic mass is 32.1. The number of likely N-dealkylation sites (tertiary alicyclic amines) is 1. The molecule has 2 heterocycles. The summed E-state index contributed by atoms with van der Waals surface area (Å²) in [6.07, 6.45) is 4.13. The van der Waals surface area contributed by atoms with Crippen molar-refractivity contribution in [2.45, 2.75) is 25.5 Å². The Morgan fingerprint density at radius 3 is 2.78 bits per heavy atom. The third kappa shape index (κ3) is 4.45. The van der Waals surface area contributed by atoms with Gasteiger partial charge in [-0.3, -0.25) is 4.99 Å². The second-order valence-corrected chi connectivity index (χ2v) is 6.42. The van der Waals surface area contributed by atoms with Crippen LogP contribution in [0.3, 0.4) is 0 Å². The predicted octanol–water partition coefficient (Wildman–Crippen LogP) is 2.76. The number of thiazole rings is 1. The van der Waals surface area contributed by atoms with Crippen molar-refractivity contribution in [3.8, 4) is 5.75 Å². The molecule has 3 rings (SSSR count). The average molecular weight is 330 g/mol. The predicted molar refractivity (Wildman–Crippen MR) is 94.0 cm³/mol. The van der Waals surface area contributed by atoms with Gasteiger partial charge in [-0.15, -0.1) is 11.3 Å². The van der Waals surface area contributed by atoms with E-state index in [-0.39, 0.29) is 6.10 Å². The van der Waals surface area contributed by atoms with Crippen LogP contribution >= 0.6 is 11.3 Å². The van der Waals surface area contributed by atoms with Gasteiger partial charge in [0.2, 0.25) is 0 Å². The number of para-hydroxylation sites is 1. The molecule has 0 saturated carbocycles. The molecule has 1 aliphatic rings. The lowest BCUT2D eigenvalue weighted by Crippen LogP contribution is -2.47. The molecular formula is C17H22N4OS. The Bertz CT molecular complexity index is 607. The number of ether oxygens (including phenoxy) is 1. The van der Waals surface area contributed by atoms with Gasteiger partial charge < -0.3 is 15.0 Å². The molecule has 0 atom stereocenters. The van der Waals surface area contributed by atoms with E-state index < -0.39 is 0 Å².